The number of hydrogen-bond donors (Lipinski definition) is 1. The van der Waals surface area contributed by atoms with Gasteiger partial charge in [-0.25, -0.2) is 4.98 Å². The second kappa shape index (κ2) is 11.5. The van der Waals surface area contributed by atoms with Crippen molar-refractivity contribution >= 4 is 41.0 Å². The van der Waals surface area contributed by atoms with Crippen LogP contribution in [-0.4, -0.2) is 46.0 Å². The Kier molecular flexibility index (Phi) is 8.16. The number of nitrogens with zero attached hydrogens (tertiary/aromatic N) is 3. The second-order valence-corrected chi connectivity index (χ2v) is 9.48. The highest BCUT2D eigenvalue weighted by molar-refractivity contribution is 6.31. The summed E-state index contributed by atoms with van der Waals surface area (Å²) in [5, 5.41) is 4.03. The van der Waals surface area contributed by atoms with Gasteiger partial charge in [-0.15, -0.1) is 0 Å². The van der Waals surface area contributed by atoms with Crippen molar-refractivity contribution < 1.29 is 14.3 Å². The molecule has 0 spiro atoms. The molecule has 0 radical (unpaired) electrons. The zero-order valence-electron chi connectivity index (χ0n) is 20.6. The van der Waals surface area contributed by atoms with E-state index in [1.165, 1.54) is 4.90 Å². The second-order valence-electron chi connectivity index (χ2n) is 8.61. The third-order valence-corrected chi connectivity index (χ3v) is 6.24. The number of methoxy groups -OCH3 is 1. The van der Waals surface area contributed by atoms with Gasteiger partial charge in [0.25, 0.3) is 5.91 Å². The summed E-state index contributed by atoms with van der Waals surface area (Å²) in [6.07, 6.45) is 1.83. The number of halogens is 2. The van der Waals surface area contributed by atoms with E-state index >= 15 is 0 Å². The molecule has 1 N–H and O–H groups in total. The fraction of sp³-hybridized carbons (Fsp3) is 0.179. The van der Waals surface area contributed by atoms with Crippen LogP contribution in [0.15, 0.2) is 79.0 Å². The average Bonchev–Trinajstić information content (AvgIpc) is 3.31. The van der Waals surface area contributed by atoms with Crippen molar-refractivity contribution in [3.63, 3.8) is 0 Å². The van der Waals surface area contributed by atoms with Crippen molar-refractivity contribution in [1.82, 2.24) is 14.5 Å². The van der Waals surface area contributed by atoms with Crippen LogP contribution >= 0.6 is 23.2 Å². The number of ether oxygens (including phenoxy) is 1. The molecule has 190 valence electrons. The first-order chi connectivity index (χ1) is 17.7. The monoisotopic (exact) mass is 536 g/mol. The van der Waals surface area contributed by atoms with Crippen LogP contribution in [-0.2, 0) is 4.79 Å². The van der Waals surface area contributed by atoms with Gasteiger partial charge in [0.1, 0.15) is 12.3 Å². The summed E-state index contributed by atoms with van der Waals surface area (Å²) in [7, 11) is 1.60. The Morgan fingerprint density at radius 2 is 1.54 bits per heavy atom. The van der Waals surface area contributed by atoms with E-state index in [0.29, 0.717) is 33.0 Å². The number of amides is 2. The Balaban J connectivity index is 1.62. The molecule has 4 rings (SSSR count). The van der Waals surface area contributed by atoms with Gasteiger partial charge in [0.15, 0.2) is 0 Å². The third kappa shape index (κ3) is 6.31. The molecule has 37 heavy (non-hydrogen) atoms. The minimum atomic E-state index is -0.376. The number of carbonyl (C=O) groups excluding carboxylic acids is 2. The molecule has 0 atom stereocenters. The molecule has 3 aromatic carbocycles. The van der Waals surface area contributed by atoms with Crippen LogP contribution in [0.4, 0.5) is 5.95 Å². The molecule has 0 bridgehead atoms. The first kappa shape index (κ1) is 26.3. The highest BCUT2D eigenvalue weighted by Crippen LogP contribution is 2.26. The van der Waals surface area contributed by atoms with Crippen molar-refractivity contribution in [1.29, 1.82) is 0 Å². The highest BCUT2D eigenvalue weighted by atomic mass is 35.5. The Morgan fingerprint density at radius 1 is 0.946 bits per heavy atom. The van der Waals surface area contributed by atoms with Gasteiger partial charge in [-0.3, -0.25) is 19.5 Å². The first-order valence-corrected chi connectivity index (χ1v) is 12.4. The van der Waals surface area contributed by atoms with Crippen molar-refractivity contribution in [3.8, 4) is 22.7 Å². The van der Waals surface area contributed by atoms with E-state index in [2.05, 4.69) is 10.3 Å². The first-order valence-electron chi connectivity index (χ1n) is 11.6. The summed E-state index contributed by atoms with van der Waals surface area (Å²) in [5.41, 5.74) is 2.73. The van der Waals surface area contributed by atoms with Crippen molar-refractivity contribution in [3.05, 3.63) is 94.6 Å². The molecule has 0 unspecified atom stereocenters. The molecule has 0 saturated carbocycles. The van der Waals surface area contributed by atoms with Crippen LogP contribution in [0.2, 0.25) is 10.0 Å². The van der Waals surface area contributed by atoms with Gasteiger partial charge < -0.3 is 9.64 Å². The predicted octanol–water partition coefficient (Wildman–Crippen LogP) is 6.34. The van der Waals surface area contributed by atoms with E-state index in [9.17, 15) is 9.59 Å². The third-order valence-electron chi connectivity index (χ3n) is 5.74. The number of carbonyl (C=O) groups is 2. The van der Waals surface area contributed by atoms with Crippen LogP contribution < -0.4 is 10.1 Å². The maximum absolute atomic E-state index is 13.2. The number of hydrogen-bond acceptors (Lipinski definition) is 4. The molecule has 0 aliphatic carbocycles. The molecule has 0 aliphatic rings. The number of anilines is 1. The zero-order valence-corrected chi connectivity index (χ0v) is 22.1. The molecule has 0 aliphatic heterocycles. The van der Waals surface area contributed by atoms with Gasteiger partial charge in [-0.05, 0) is 74.5 Å². The molecule has 4 aromatic rings. The molecule has 2 amide bonds. The fourth-order valence-corrected chi connectivity index (χ4v) is 3.99. The Labute approximate surface area is 225 Å². The van der Waals surface area contributed by atoms with E-state index in [4.69, 9.17) is 27.9 Å². The van der Waals surface area contributed by atoms with E-state index in [1.807, 2.05) is 56.4 Å². The maximum Gasteiger partial charge on any atom is 0.254 e. The maximum atomic E-state index is 13.2. The van der Waals surface area contributed by atoms with Gasteiger partial charge >= 0.3 is 0 Å². The summed E-state index contributed by atoms with van der Waals surface area (Å²) in [6.45, 7) is 3.57. The summed E-state index contributed by atoms with van der Waals surface area (Å²) in [6, 6.07) is 21.1. The van der Waals surface area contributed by atoms with Crippen LogP contribution in [0, 0.1) is 0 Å². The molecule has 1 heterocycles. The normalized spacial score (nSPS) is 10.9. The Bertz CT molecular complexity index is 1380. The number of imidazole rings is 1. The van der Waals surface area contributed by atoms with E-state index in [0.717, 1.165) is 11.3 Å². The van der Waals surface area contributed by atoms with Crippen LogP contribution in [0.3, 0.4) is 0 Å². The SMILES string of the molecule is COc1ccc(-n2cc(-c3ccc(Cl)cc3)nc2NC(=O)CN(C(=O)c2ccc(Cl)cc2)C(C)C)cc1. The number of benzene rings is 3. The molecule has 0 fully saturated rings. The molecule has 0 saturated heterocycles. The van der Waals surface area contributed by atoms with Gasteiger partial charge in [0.05, 0.1) is 12.8 Å². The number of rotatable bonds is 8. The predicted molar refractivity (Wildman–Crippen MR) is 147 cm³/mol. The van der Waals surface area contributed by atoms with Gasteiger partial charge in [0.2, 0.25) is 11.9 Å². The van der Waals surface area contributed by atoms with Crippen molar-refractivity contribution in [2.45, 2.75) is 19.9 Å². The van der Waals surface area contributed by atoms with Crippen molar-refractivity contribution in [2.24, 2.45) is 0 Å². The minimum Gasteiger partial charge on any atom is -0.497 e. The highest BCUT2D eigenvalue weighted by Gasteiger charge is 2.23. The number of aromatic nitrogens is 2. The zero-order chi connectivity index (χ0) is 26.5. The smallest absolute Gasteiger partial charge is 0.254 e. The lowest BCUT2D eigenvalue weighted by Gasteiger charge is -2.26. The average molecular weight is 537 g/mol. The molecule has 1 aromatic heterocycles. The van der Waals surface area contributed by atoms with Crippen LogP contribution in [0.25, 0.3) is 16.9 Å². The topological polar surface area (TPSA) is 76.5 Å². The quantitative estimate of drug-likeness (QED) is 0.285. The lowest BCUT2D eigenvalue weighted by molar-refractivity contribution is -0.117. The molecule has 7 nitrogen and oxygen atoms in total. The summed E-state index contributed by atoms with van der Waals surface area (Å²) in [5.74, 6) is 0.393. The lowest BCUT2D eigenvalue weighted by atomic mass is 10.1. The standard InChI is InChI=1S/C28H26Cl2N4O3/c1-18(2)33(27(36)20-6-10-22(30)11-7-20)17-26(35)32-28-31-25(19-4-8-21(29)9-5-19)16-34(28)23-12-14-24(37-3)15-13-23/h4-16,18H,17H2,1-3H3,(H,31,32,35). The van der Waals surface area contributed by atoms with Gasteiger partial charge in [-0.1, -0.05) is 35.3 Å². The van der Waals surface area contributed by atoms with Gasteiger partial charge in [0, 0.05) is 39.1 Å². The minimum absolute atomic E-state index is 0.148. The molecular formula is C28H26Cl2N4O3. The van der Waals surface area contributed by atoms with Crippen LogP contribution in [0.1, 0.15) is 24.2 Å². The number of nitrogens with one attached hydrogen (secondary N) is 1. The van der Waals surface area contributed by atoms with E-state index < -0.39 is 0 Å². The van der Waals surface area contributed by atoms with Crippen LogP contribution in [0.5, 0.6) is 5.75 Å². The largest absolute Gasteiger partial charge is 0.497 e. The van der Waals surface area contributed by atoms with E-state index in [1.54, 1.807) is 48.1 Å². The summed E-state index contributed by atoms with van der Waals surface area (Å²) < 4.78 is 7.04. The van der Waals surface area contributed by atoms with Gasteiger partial charge in [-0.2, -0.15) is 0 Å². The lowest BCUT2D eigenvalue weighted by Crippen LogP contribution is -2.42. The molecular weight excluding hydrogens is 511 g/mol. The summed E-state index contributed by atoms with van der Waals surface area (Å²) >= 11 is 12.0. The van der Waals surface area contributed by atoms with Crippen molar-refractivity contribution in [2.75, 3.05) is 19.0 Å². The molecule has 9 heteroatoms. The summed E-state index contributed by atoms with van der Waals surface area (Å²) in [4.78, 5) is 32.5. The Hall–Kier alpha value is -3.81. The fourth-order valence-electron chi connectivity index (χ4n) is 3.73. The van der Waals surface area contributed by atoms with E-state index in [-0.39, 0.29) is 24.4 Å². The Morgan fingerprint density at radius 3 is 2.11 bits per heavy atom.